The highest BCUT2D eigenvalue weighted by Crippen LogP contribution is 2.34. The van der Waals surface area contributed by atoms with Crippen molar-refractivity contribution < 1.29 is 8.42 Å². The van der Waals surface area contributed by atoms with E-state index in [0.29, 0.717) is 11.8 Å². The van der Waals surface area contributed by atoms with Crippen LogP contribution in [0.25, 0.3) is 0 Å². The molecule has 0 heterocycles. The Labute approximate surface area is 88.0 Å². The smallest absolute Gasteiger partial charge is 0.155 e. The van der Waals surface area contributed by atoms with Crippen molar-refractivity contribution in [1.29, 1.82) is 0 Å². The van der Waals surface area contributed by atoms with E-state index in [-0.39, 0.29) is 10.5 Å². The molecule has 2 nitrogen and oxygen atoms in total. The van der Waals surface area contributed by atoms with E-state index in [2.05, 4.69) is 13.8 Å². The van der Waals surface area contributed by atoms with Crippen LogP contribution >= 0.6 is 0 Å². The summed E-state index contributed by atoms with van der Waals surface area (Å²) < 4.78 is 24.1. The number of rotatable bonds is 2. The van der Waals surface area contributed by atoms with E-state index in [1.165, 1.54) is 6.42 Å². The first-order chi connectivity index (χ1) is 6.35. The van der Waals surface area contributed by atoms with Crippen LogP contribution in [0.15, 0.2) is 0 Å². The molecule has 1 aliphatic rings. The van der Waals surface area contributed by atoms with Crippen molar-refractivity contribution in [2.24, 2.45) is 11.8 Å². The Kier molecular flexibility index (Phi) is 3.62. The lowest BCUT2D eigenvalue weighted by atomic mass is 9.84. The van der Waals surface area contributed by atoms with Gasteiger partial charge in [0.1, 0.15) is 0 Å². The highest BCUT2D eigenvalue weighted by molar-refractivity contribution is 7.92. The third kappa shape index (κ3) is 2.30. The predicted octanol–water partition coefficient (Wildman–Crippen LogP) is 2.63. The molecule has 0 spiro atoms. The maximum absolute atomic E-state index is 12.0. The van der Waals surface area contributed by atoms with Gasteiger partial charge in [-0.05, 0) is 38.5 Å². The molecule has 0 saturated heterocycles. The monoisotopic (exact) mass is 218 g/mol. The maximum Gasteiger partial charge on any atom is 0.155 e. The fourth-order valence-corrected chi connectivity index (χ4v) is 4.37. The normalized spacial score (nSPS) is 34.8. The Bertz CT molecular complexity index is 280. The highest BCUT2D eigenvalue weighted by atomic mass is 32.2. The zero-order valence-electron chi connectivity index (χ0n) is 9.66. The van der Waals surface area contributed by atoms with Crippen molar-refractivity contribution in [3.63, 3.8) is 0 Å². The summed E-state index contributed by atoms with van der Waals surface area (Å²) in [6, 6.07) is 0. The van der Waals surface area contributed by atoms with Gasteiger partial charge in [0.2, 0.25) is 0 Å². The van der Waals surface area contributed by atoms with Gasteiger partial charge in [0.15, 0.2) is 9.84 Å². The summed E-state index contributed by atoms with van der Waals surface area (Å²) >= 11 is 0. The first kappa shape index (κ1) is 12.0. The van der Waals surface area contributed by atoms with Crippen molar-refractivity contribution in [3.8, 4) is 0 Å². The fraction of sp³-hybridized carbons (Fsp3) is 1.00. The summed E-state index contributed by atoms with van der Waals surface area (Å²) in [5.74, 6) is 0.920. The van der Waals surface area contributed by atoms with Crippen molar-refractivity contribution in [2.45, 2.75) is 57.5 Å². The van der Waals surface area contributed by atoms with Gasteiger partial charge in [-0.15, -0.1) is 0 Å². The minimum Gasteiger partial charge on any atom is -0.228 e. The molecule has 0 aliphatic heterocycles. The first-order valence-corrected chi connectivity index (χ1v) is 7.19. The number of hydrogen-bond donors (Lipinski definition) is 0. The number of sulfone groups is 1. The summed E-state index contributed by atoms with van der Waals surface area (Å²) in [4.78, 5) is 0. The molecule has 0 N–H and O–H groups in total. The molecule has 0 amide bonds. The summed E-state index contributed by atoms with van der Waals surface area (Å²) in [6.07, 6.45) is 3.12. The molecule has 1 rings (SSSR count). The minimum atomic E-state index is -2.88. The molecule has 3 atom stereocenters. The molecule has 1 aliphatic carbocycles. The minimum absolute atomic E-state index is 0.0914. The highest BCUT2D eigenvalue weighted by Gasteiger charge is 2.36. The second-order valence-electron chi connectivity index (χ2n) is 5.07. The number of hydrogen-bond acceptors (Lipinski definition) is 2. The molecule has 1 fully saturated rings. The summed E-state index contributed by atoms with van der Waals surface area (Å²) in [7, 11) is -2.88. The van der Waals surface area contributed by atoms with Crippen LogP contribution in [-0.2, 0) is 9.84 Å². The molecule has 0 bridgehead atoms. The van der Waals surface area contributed by atoms with Gasteiger partial charge in [0, 0.05) is 0 Å². The average Bonchev–Trinajstić information content (AvgIpc) is 2.08. The van der Waals surface area contributed by atoms with Gasteiger partial charge in [0.25, 0.3) is 0 Å². The van der Waals surface area contributed by atoms with E-state index >= 15 is 0 Å². The molecule has 84 valence electrons. The third-order valence-electron chi connectivity index (χ3n) is 3.46. The second kappa shape index (κ2) is 4.21. The lowest BCUT2D eigenvalue weighted by Crippen LogP contribution is -2.38. The van der Waals surface area contributed by atoms with Crippen LogP contribution in [0.3, 0.4) is 0 Å². The van der Waals surface area contributed by atoms with Crippen LogP contribution < -0.4 is 0 Å². The van der Waals surface area contributed by atoms with Crippen LogP contribution in [-0.4, -0.2) is 18.9 Å². The van der Waals surface area contributed by atoms with Gasteiger partial charge in [-0.25, -0.2) is 8.42 Å². The predicted molar refractivity (Wildman–Crippen MR) is 60.0 cm³/mol. The molecule has 0 aromatic heterocycles. The summed E-state index contributed by atoms with van der Waals surface area (Å²) in [5, 5.41) is -0.313. The molecular weight excluding hydrogens is 196 g/mol. The molecule has 0 aromatic carbocycles. The molecular formula is C11H22O2S. The Balaban J connectivity index is 2.85. The van der Waals surface area contributed by atoms with Crippen LogP contribution in [0.2, 0.25) is 0 Å². The van der Waals surface area contributed by atoms with Crippen molar-refractivity contribution in [2.75, 3.05) is 0 Å². The molecule has 14 heavy (non-hydrogen) atoms. The van der Waals surface area contributed by atoms with Gasteiger partial charge in [-0.2, -0.15) is 0 Å². The van der Waals surface area contributed by atoms with Crippen molar-refractivity contribution in [3.05, 3.63) is 0 Å². The average molecular weight is 218 g/mol. The van der Waals surface area contributed by atoms with E-state index in [4.69, 9.17) is 0 Å². The molecule has 3 unspecified atom stereocenters. The van der Waals surface area contributed by atoms with Gasteiger partial charge < -0.3 is 0 Å². The first-order valence-electron chi connectivity index (χ1n) is 5.58. The van der Waals surface area contributed by atoms with E-state index in [0.717, 1.165) is 12.8 Å². The Morgan fingerprint density at radius 2 is 1.71 bits per heavy atom. The standard InChI is InChI=1S/C11H22O2S/c1-8(2)14(12,13)11-7-9(3)5-6-10(11)4/h8-11H,5-7H2,1-4H3. The molecule has 1 saturated carbocycles. The molecule has 0 aromatic rings. The third-order valence-corrected chi connectivity index (χ3v) is 6.28. The van der Waals surface area contributed by atoms with Crippen LogP contribution in [0.4, 0.5) is 0 Å². The van der Waals surface area contributed by atoms with Gasteiger partial charge in [0.05, 0.1) is 10.5 Å². The van der Waals surface area contributed by atoms with E-state index in [1.54, 1.807) is 13.8 Å². The summed E-state index contributed by atoms with van der Waals surface area (Å²) in [6.45, 7) is 7.83. The zero-order chi connectivity index (χ0) is 10.9. The van der Waals surface area contributed by atoms with Crippen LogP contribution in [0.1, 0.15) is 47.0 Å². The van der Waals surface area contributed by atoms with Crippen LogP contribution in [0, 0.1) is 11.8 Å². The largest absolute Gasteiger partial charge is 0.228 e. The van der Waals surface area contributed by atoms with E-state index in [1.807, 2.05) is 0 Å². The molecule has 3 heteroatoms. The van der Waals surface area contributed by atoms with Gasteiger partial charge >= 0.3 is 0 Å². The van der Waals surface area contributed by atoms with Gasteiger partial charge in [-0.1, -0.05) is 20.3 Å². The SMILES string of the molecule is CC1CCC(C)C(S(=O)(=O)C(C)C)C1. The fourth-order valence-electron chi connectivity index (χ4n) is 2.29. The lowest BCUT2D eigenvalue weighted by Gasteiger charge is -2.33. The lowest BCUT2D eigenvalue weighted by molar-refractivity contribution is 0.307. The Morgan fingerprint density at radius 1 is 1.14 bits per heavy atom. The van der Waals surface area contributed by atoms with Gasteiger partial charge in [-0.3, -0.25) is 0 Å². The summed E-state index contributed by atoms with van der Waals surface area (Å²) in [5.41, 5.74) is 0. The molecule has 0 radical (unpaired) electrons. The van der Waals surface area contributed by atoms with E-state index in [9.17, 15) is 8.42 Å². The Hall–Kier alpha value is -0.0500. The second-order valence-corrected chi connectivity index (χ2v) is 7.80. The van der Waals surface area contributed by atoms with E-state index < -0.39 is 9.84 Å². The maximum atomic E-state index is 12.0. The van der Waals surface area contributed by atoms with Crippen LogP contribution in [0.5, 0.6) is 0 Å². The quantitative estimate of drug-likeness (QED) is 0.714. The topological polar surface area (TPSA) is 34.1 Å². The zero-order valence-corrected chi connectivity index (χ0v) is 10.5. The van der Waals surface area contributed by atoms with Crippen molar-refractivity contribution in [1.82, 2.24) is 0 Å². The Morgan fingerprint density at radius 3 is 2.21 bits per heavy atom. The van der Waals surface area contributed by atoms with Crippen molar-refractivity contribution >= 4 is 9.84 Å².